The maximum atomic E-state index is 6.59. The number of nitrogens with zero attached hydrogens (tertiary/aromatic N) is 3. The first-order chi connectivity index (χ1) is 21.9. The second-order valence-corrected chi connectivity index (χ2v) is 18.7. The molecule has 5 heterocycles. The Kier molecular flexibility index (Phi) is 6.78. The van der Waals surface area contributed by atoms with Gasteiger partial charge in [-0.25, -0.2) is 4.98 Å². The van der Waals surface area contributed by atoms with Crippen LogP contribution in [-0.2, 0) is 27.5 Å². The first kappa shape index (κ1) is 28.9. The topological polar surface area (TPSA) is 52.6 Å². The number of furan rings is 1. The van der Waals surface area contributed by atoms with Crippen molar-refractivity contribution in [2.75, 3.05) is 0 Å². The third-order valence-corrected chi connectivity index (χ3v) is 10.6. The molecule has 0 N–H and O–H groups in total. The molecule has 0 saturated heterocycles. The first-order valence-corrected chi connectivity index (χ1v) is 19.1. The number of fused-ring (bicyclic) bond motifs is 9. The summed E-state index contributed by atoms with van der Waals surface area (Å²) in [6, 6.07) is 37.4. The Hall–Kier alpha value is -4.51. The van der Waals surface area contributed by atoms with E-state index < -0.39 is 8.07 Å². The molecule has 0 bridgehead atoms. The largest absolute Gasteiger partial charge is 2.00 e. The Morgan fingerprint density at radius 2 is 1.54 bits per heavy atom. The van der Waals surface area contributed by atoms with Crippen LogP contribution in [0.3, 0.4) is 0 Å². The Labute approximate surface area is 281 Å². The molecule has 0 radical (unpaired) electrons. The van der Waals surface area contributed by atoms with Crippen molar-refractivity contribution in [1.82, 2.24) is 14.4 Å². The van der Waals surface area contributed by atoms with Gasteiger partial charge in [-0.2, -0.15) is 6.07 Å². The molecule has 0 amide bonds. The molecular weight excluding hydrogens is 766 g/mol. The molecule has 0 aliphatic heterocycles. The van der Waals surface area contributed by atoms with Crippen LogP contribution >= 0.6 is 0 Å². The summed E-state index contributed by atoms with van der Waals surface area (Å²) in [5.74, 6) is 1.20. The van der Waals surface area contributed by atoms with Gasteiger partial charge >= 0.3 is 21.1 Å². The van der Waals surface area contributed by atoms with Crippen LogP contribution in [0.5, 0.6) is 11.5 Å². The van der Waals surface area contributed by atoms with E-state index in [4.69, 9.17) is 19.1 Å². The number of hydrogen-bond donors (Lipinski definition) is 0. The number of pyridine rings is 2. The summed E-state index contributed by atoms with van der Waals surface area (Å²) in [6.45, 7) is 7.23. The number of ether oxygens (including phenoxy) is 1. The summed E-state index contributed by atoms with van der Waals surface area (Å²) in [5.41, 5.74) is 7.52. The van der Waals surface area contributed by atoms with Crippen LogP contribution in [0.2, 0.25) is 25.7 Å². The van der Waals surface area contributed by atoms with Gasteiger partial charge < -0.3 is 18.5 Å². The number of rotatable bonds is 6. The molecule has 5 aromatic heterocycles. The van der Waals surface area contributed by atoms with E-state index in [0.29, 0.717) is 11.5 Å². The summed E-state index contributed by atoms with van der Waals surface area (Å²) in [6.07, 6.45) is 4.78. The minimum atomic E-state index is -1.18. The molecular formula is C39H29N3O2PtSi. The SMILES string of the molecule is C[Si](C)(C)CCc1ccnc(-c2[c-]c(Oc3[c-]c4c(cc3)c3cccc5c6cccnc6n4c35)cc3c2oc2ccccc23)c1.[Pt+2]. The van der Waals surface area contributed by atoms with E-state index >= 15 is 0 Å². The Bertz CT molecular complexity index is 2580. The molecule has 0 aliphatic carbocycles. The van der Waals surface area contributed by atoms with Crippen LogP contribution in [0.1, 0.15) is 5.56 Å². The first-order valence-electron chi connectivity index (χ1n) is 15.4. The Balaban J connectivity index is 0.00000312. The molecule has 0 unspecified atom stereocenters. The number of para-hydroxylation sites is 2. The molecule has 46 heavy (non-hydrogen) atoms. The van der Waals surface area contributed by atoms with Gasteiger partial charge in [0.05, 0.1) is 5.58 Å². The van der Waals surface area contributed by atoms with Crippen molar-refractivity contribution in [2.24, 2.45) is 0 Å². The van der Waals surface area contributed by atoms with Crippen LogP contribution in [0.25, 0.3) is 71.4 Å². The van der Waals surface area contributed by atoms with Crippen molar-refractivity contribution in [3.05, 3.63) is 115 Å². The molecule has 0 fully saturated rings. The summed E-state index contributed by atoms with van der Waals surface area (Å²) in [4.78, 5) is 9.54. The van der Waals surface area contributed by atoms with Gasteiger partial charge in [-0.1, -0.05) is 102 Å². The van der Waals surface area contributed by atoms with Crippen LogP contribution in [0.4, 0.5) is 0 Å². The smallest absolute Gasteiger partial charge is 0.503 e. The Morgan fingerprint density at radius 1 is 0.739 bits per heavy atom. The quantitative estimate of drug-likeness (QED) is 0.124. The third kappa shape index (κ3) is 4.62. The summed E-state index contributed by atoms with van der Waals surface area (Å²) in [7, 11) is -1.18. The Morgan fingerprint density at radius 3 is 2.41 bits per heavy atom. The minimum absolute atomic E-state index is 0. The summed E-state index contributed by atoms with van der Waals surface area (Å²) in [5, 5.41) is 6.63. The van der Waals surface area contributed by atoms with Gasteiger partial charge in [0, 0.05) is 53.6 Å². The molecule has 9 rings (SSSR count). The number of hydrogen-bond acceptors (Lipinski definition) is 4. The molecule has 9 aromatic rings. The second-order valence-electron chi connectivity index (χ2n) is 13.1. The molecule has 5 nitrogen and oxygen atoms in total. The van der Waals surface area contributed by atoms with Gasteiger partial charge in [-0.3, -0.25) is 0 Å². The number of aryl methyl sites for hydroxylation is 1. The standard InChI is InChI=1S/C39H29N3O2Si.Pt/c1-45(2,3)19-16-24-15-18-40-34(20-24)33-22-26(21-32-28-8-4-5-12-36(28)44-38(32)33)43-25-13-14-27-29-9-6-10-30-31-11-7-17-41-39(31)42(37(29)30)35(27)23-25;/h4-15,17-18,20-21H,16,19H2,1-3H3;/q-2;+2. The van der Waals surface area contributed by atoms with Gasteiger partial charge in [0.25, 0.3) is 0 Å². The zero-order valence-corrected chi connectivity index (χ0v) is 28.9. The van der Waals surface area contributed by atoms with Gasteiger partial charge in [-0.15, -0.1) is 17.5 Å². The van der Waals surface area contributed by atoms with Crippen molar-refractivity contribution in [1.29, 1.82) is 0 Å². The van der Waals surface area contributed by atoms with Gasteiger partial charge in [0.2, 0.25) is 0 Å². The fourth-order valence-corrected chi connectivity index (χ4v) is 7.66. The fourth-order valence-electron chi connectivity index (χ4n) is 6.63. The van der Waals surface area contributed by atoms with Gasteiger partial charge in [0.15, 0.2) is 0 Å². The van der Waals surface area contributed by atoms with Crippen molar-refractivity contribution < 1.29 is 30.2 Å². The molecule has 4 aromatic carbocycles. The van der Waals surface area contributed by atoms with Crippen molar-refractivity contribution in [3.63, 3.8) is 0 Å². The van der Waals surface area contributed by atoms with Gasteiger partial charge in [-0.05, 0) is 41.8 Å². The number of aromatic nitrogens is 3. The summed E-state index contributed by atoms with van der Waals surface area (Å²) >= 11 is 0. The minimum Gasteiger partial charge on any atom is -0.503 e. The van der Waals surface area contributed by atoms with Crippen molar-refractivity contribution in [3.8, 4) is 22.8 Å². The normalized spacial score (nSPS) is 12.2. The van der Waals surface area contributed by atoms with E-state index in [9.17, 15) is 0 Å². The molecule has 0 spiro atoms. The maximum absolute atomic E-state index is 6.59. The van der Waals surface area contributed by atoms with Crippen LogP contribution in [0.15, 0.2) is 102 Å². The van der Waals surface area contributed by atoms with E-state index in [1.165, 1.54) is 22.4 Å². The van der Waals surface area contributed by atoms with E-state index in [1.54, 1.807) is 0 Å². The molecule has 0 saturated carbocycles. The van der Waals surface area contributed by atoms with E-state index in [2.05, 4.69) is 84.7 Å². The predicted molar refractivity (Wildman–Crippen MR) is 185 cm³/mol. The van der Waals surface area contributed by atoms with Crippen LogP contribution in [-0.4, -0.2) is 22.4 Å². The second kappa shape index (κ2) is 10.8. The van der Waals surface area contributed by atoms with Crippen molar-refractivity contribution >= 4 is 68.2 Å². The molecule has 226 valence electrons. The number of benzene rings is 4. The third-order valence-electron chi connectivity index (χ3n) is 8.81. The monoisotopic (exact) mass is 794 g/mol. The maximum Gasteiger partial charge on any atom is 2.00 e. The molecule has 0 atom stereocenters. The average Bonchev–Trinajstić information content (AvgIpc) is 3.70. The summed E-state index contributed by atoms with van der Waals surface area (Å²) < 4.78 is 15.2. The van der Waals surface area contributed by atoms with E-state index in [1.807, 2.05) is 48.8 Å². The zero-order chi connectivity index (χ0) is 30.3. The zero-order valence-electron chi connectivity index (χ0n) is 25.6. The van der Waals surface area contributed by atoms with E-state index in [-0.39, 0.29) is 21.1 Å². The predicted octanol–water partition coefficient (Wildman–Crippen LogP) is 10.5. The fraction of sp³-hybridized carbons (Fsp3) is 0.128. The van der Waals surface area contributed by atoms with Crippen LogP contribution in [0, 0.1) is 12.1 Å². The van der Waals surface area contributed by atoms with Crippen LogP contribution < -0.4 is 4.74 Å². The van der Waals surface area contributed by atoms with Gasteiger partial charge in [0.1, 0.15) is 11.2 Å². The molecule has 0 aliphatic rings. The van der Waals surface area contributed by atoms with E-state index in [0.717, 1.165) is 67.1 Å². The molecule has 7 heteroatoms. The average molecular weight is 795 g/mol. The van der Waals surface area contributed by atoms with Crippen molar-refractivity contribution in [2.45, 2.75) is 32.1 Å².